The fourth-order valence-electron chi connectivity index (χ4n) is 3.98. The number of nitrogens with one attached hydrogen (secondary N) is 2. The molecule has 0 aromatic carbocycles. The highest BCUT2D eigenvalue weighted by atomic mass is 32.1. The van der Waals surface area contributed by atoms with Gasteiger partial charge >= 0.3 is 0 Å². The van der Waals surface area contributed by atoms with Crippen LogP contribution in [0.2, 0.25) is 0 Å². The predicted molar refractivity (Wildman–Crippen MR) is 84.6 cm³/mol. The molecule has 2 heterocycles. The molecule has 3 aliphatic rings. The Balaban J connectivity index is 1.41. The Bertz CT molecular complexity index is 562. The molecule has 2 unspecified atom stereocenters. The lowest BCUT2D eigenvalue weighted by Gasteiger charge is -2.22. The van der Waals surface area contributed by atoms with Gasteiger partial charge in [-0.05, 0) is 62.9 Å². The standard InChI is InChI=1S/C16H23N3OS/c1-10-2-3-12-13(8-10)21-15(18-12)19-14(20)11-9-16(11)4-6-17-7-5-16/h10-11,17H,2-9H2,1H3,(H,18,19,20). The van der Waals surface area contributed by atoms with Gasteiger partial charge in [-0.2, -0.15) is 0 Å². The number of hydrogen-bond donors (Lipinski definition) is 2. The van der Waals surface area contributed by atoms with Crippen LogP contribution in [0.5, 0.6) is 0 Å². The third-order valence-corrected chi connectivity index (χ3v) is 6.56. The number of thiazole rings is 1. The maximum absolute atomic E-state index is 12.5. The van der Waals surface area contributed by atoms with Gasteiger partial charge < -0.3 is 10.6 Å². The lowest BCUT2D eigenvalue weighted by atomic mass is 9.92. The number of rotatable bonds is 2. The molecule has 0 bridgehead atoms. The molecule has 1 aliphatic heterocycles. The first kappa shape index (κ1) is 13.7. The number of aromatic nitrogens is 1. The number of nitrogens with zero attached hydrogens (tertiary/aromatic N) is 1. The largest absolute Gasteiger partial charge is 0.317 e. The zero-order valence-corrected chi connectivity index (χ0v) is 13.4. The van der Waals surface area contributed by atoms with E-state index in [0.717, 1.165) is 56.2 Å². The van der Waals surface area contributed by atoms with Gasteiger partial charge in [0, 0.05) is 10.8 Å². The SMILES string of the molecule is CC1CCc2nc(NC(=O)C3CC34CCNCC4)sc2C1. The molecule has 5 heteroatoms. The van der Waals surface area contributed by atoms with Crippen LogP contribution in [0.4, 0.5) is 5.13 Å². The number of hydrogen-bond acceptors (Lipinski definition) is 4. The molecule has 1 saturated heterocycles. The maximum Gasteiger partial charge on any atom is 0.229 e. The second-order valence-electron chi connectivity index (χ2n) is 7.10. The molecule has 1 aromatic rings. The zero-order valence-electron chi connectivity index (χ0n) is 12.6. The highest BCUT2D eigenvalue weighted by Gasteiger charge is 2.57. The molecular weight excluding hydrogens is 282 g/mol. The van der Waals surface area contributed by atoms with E-state index >= 15 is 0 Å². The van der Waals surface area contributed by atoms with E-state index in [1.54, 1.807) is 11.3 Å². The van der Waals surface area contributed by atoms with Crippen molar-refractivity contribution in [1.82, 2.24) is 10.3 Å². The van der Waals surface area contributed by atoms with E-state index in [1.807, 2.05) is 0 Å². The van der Waals surface area contributed by atoms with Crippen molar-refractivity contribution in [2.24, 2.45) is 17.3 Å². The van der Waals surface area contributed by atoms with Crippen LogP contribution in [0.1, 0.15) is 43.2 Å². The molecule has 1 spiro atoms. The summed E-state index contributed by atoms with van der Waals surface area (Å²) in [5.74, 6) is 1.18. The summed E-state index contributed by atoms with van der Waals surface area (Å²) in [5.41, 5.74) is 1.53. The first-order valence-electron chi connectivity index (χ1n) is 8.16. The second-order valence-corrected chi connectivity index (χ2v) is 8.18. The normalized spacial score (nSPS) is 30.0. The molecule has 21 heavy (non-hydrogen) atoms. The molecular formula is C16H23N3OS. The highest BCUT2D eigenvalue weighted by Crippen LogP contribution is 2.58. The second kappa shape index (κ2) is 5.06. The Hall–Kier alpha value is -0.940. The molecule has 2 fully saturated rings. The molecule has 2 aliphatic carbocycles. The third kappa shape index (κ3) is 2.50. The van der Waals surface area contributed by atoms with Crippen molar-refractivity contribution in [1.29, 1.82) is 0 Å². The molecule has 1 amide bonds. The monoisotopic (exact) mass is 305 g/mol. The van der Waals surface area contributed by atoms with Crippen LogP contribution < -0.4 is 10.6 Å². The van der Waals surface area contributed by atoms with Gasteiger partial charge in [-0.15, -0.1) is 11.3 Å². The van der Waals surface area contributed by atoms with Crippen molar-refractivity contribution in [2.75, 3.05) is 18.4 Å². The minimum atomic E-state index is 0.205. The summed E-state index contributed by atoms with van der Waals surface area (Å²) in [6.45, 7) is 4.42. The van der Waals surface area contributed by atoms with Crippen LogP contribution in [0.3, 0.4) is 0 Å². The van der Waals surface area contributed by atoms with E-state index in [9.17, 15) is 4.79 Å². The minimum absolute atomic E-state index is 0.205. The average molecular weight is 305 g/mol. The molecule has 2 atom stereocenters. The number of carbonyl (C=O) groups excluding carboxylic acids is 1. The first-order valence-corrected chi connectivity index (χ1v) is 8.98. The predicted octanol–water partition coefficient (Wildman–Crippen LogP) is 2.60. The summed E-state index contributed by atoms with van der Waals surface area (Å²) in [4.78, 5) is 18.5. The summed E-state index contributed by atoms with van der Waals surface area (Å²) in [6.07, 6.45) is 6.79. The number of anilines is 1. The van der Waals surface area contributed by atoms with Crippen LogP contribution in [0, 0.1) is 17.3 Å². The molecule has 1 saturated carbocycles. The van der Waals surface area contributed by atoms with E-state index in [0.29, 0.717) is 5.41 Å². The molecule has 1 aromatic heterocycles. The van der Waals surface area contributed by atoms with Gasteiger partial charge in [0.25, 0.3) is 0 Å². The Morgan fingerprint density at radius 3 is 3.05 bits per heavy atom. The van der Waals surface area contributed by atoms with Gasteiger partial charge in [0.05, 0.1) is 5.69 Å². The Labute approximate surface area is 129 Å². The molecule has 4 nitrogen and oxygen atoms in total. The summed E-state index contributed by atoms with van der Waals surface area (Å²) < 4.78 is 0. The Morgan fingerprint density at radius 1 is 1.43 bits per heavy atom. The van der Waals surface area contributed by atoms with Gasteiger partial charge in [0.15, 0.2) is 5.13 Å². The van der Waals surface area contributed by atoms with Crippen LogP contribution in [-0.2, 0) is 17.6 Å². The van der Waals surface area contributed by atoms with Crippen LogP contribution >= 0.6 is 11.3 Å². The summed E-state index contributed by atoms with van der Waals surface area (Å²) >= 11 is 1.69. The maximum atomic E-state index is 12.5. The topological polar surface area (TPSA) is 54.0 Å². The van der Waals surface area contributed by atoms with Crippen LogP contribution in [-0.4, -0.2) is 24.0 Å². The van der Waals surface area contributed by atoms with E-state index in [4.69, 9.17) is 0 Å². The van der Waals surface area contributed by atoms with Crippen molar-refractivity contribution < 1.29 is 4.79 Å². The third-order valence-electron chi connectivity index (χ3n) is 5.52. The number of piperidine rings is 1. The zero-order chi connectivity index (χ0) is 14.4. The fraction of sp³-hybridized carbons (Fsp3) is 0.750. The van der Waals surface area contributed by atoms with Gasteiger partial charge in [-0.1, -0.05) is 6.92 Å². The quantitative estimate of drug-likeness (QED) is 0.883. The highest BCUT2D eigenvalue weighted by molar-refractivity contribution is 7.15. The van der Waals surface area contributed by atoms with Crippen LogP contribution in [0.15, 0.2) is 0 Å². The number of aryl methyl sites for hydroxylation is 1. The van der Waals surface area contributed by atoms with Crippen molar-refractivity contribution in [3.63, 3.8) is 0 Å². The Morgan fingerprint density at radius 2 is 2.24 bits per heavy atom. The number of amides is 1. The van der Waals surface area contributed by atoms with E-state index in [1.165, 1.54) is 17.0 Å². The van der Waals surface area contributed by atoms with Gasteiger partial charge in [-0.25, -0.2) is 4.98 Å². The van der Waals surface area contributed by atoms with Gasteiger partial charge in [0.2, 0.25) is 5.91 Å². The molecule has 4 rings (SSSR count). The molecule has 0 radical (unpaired) electrons. The van der Waals surface area contributed by atoms with Crippen molar-refractivity contribution >= 4 is 22.4 Å². The Kier molecular flexibility index (Phi) is 3.30. The summed E-state index contributed by atoms with van der Waals surface area (Å²) in [5, 5.41) is 7.31. The smallest absolute Gasteiger partial charge is 0.229 e. The van der Waals surface area contributed by atoms with Gasteiger partial charge in [0.1, 0.15) is 0 Å². The first-order chi connectivity index (χ1) is 10.2. The minimum Gasteiger partial charge on any atom is -0.317 e. The molecule has 2 N–H and O–H groups in total. The lowest BCUT2D eigenvalue weighted by molar-refractivity contribution is -0.118. The van der Waals surface area contributed by atoms with Crippen molar-refractivity contribution in [2.45, 2.75) is 45.4 Å². The van der Waals surface area contributed by atoms with E-state index in [2.05, 4.69) is 22.5 Å². The van der Waals surface area contributed by atoms with Crippen LogP contribution in [0.25, 0.3) is 0 Å². The molecule has 114 valence electrons. The van der Waals surface area contributed by atoms with E-state index < -0.39 is 0 Å². The van der Waals surface area contributed by atoms with Crippen molar-refractivity contribution in [3.05, 3.63) is 10.6 Å². The number of carbonyl (C=O) groups is 1. The van der Waals surface area contributed by atoms with Crippen molar-refractivity contribution in [3.8, 4) is 0 Å². The average Bonchev–Trinajstić information content (AvgIpc) is 3.01. The lowest BCUT2D eigenvalue weighted by Crippen LogP contribution is -2.31. The summed E-state index contributed by atoms with van der Waals surface area (Å²) in [6, 6.07) is 0. The number of fused-ring (bicyclic) bond motifs is 1. The fourth-order valence-corrected chi connectivity index (χ4v) is 5.16. The summed E-state index contributed by atoms with van der Waals surface area (Å²) in [7, 11) is 0. The van der Waals surface area contributed by atoms with Gasteiger partial charge in [-0.3, -0.25) is 4.79 Å². The van der Waals surface area contributed by atoms with E-state index in [-0.39, 0.29) is 11.8 Å².